The van der Waals surface area contributed by atoms with Gasteiger partial charge in [-0.1, -0.05) is 48.9 Å². The van der Waals surface area contributed by atoms with E-state index in [4.69, 9.17) is 4.74 Å². The molecule has 0 aliphatic heterocycles. The Balaban J connectivity index is 1.95. The maximum absolute atomic E-state index is 5.81. The standard InChI is InChI=1S/C18H23NO/c1-4-18(19-3)16-9-11-17(12-10-16)20-13-15-7-5-14(2)6-8-15/h5-12,18-19H,4,13H2,1-3H3. The Labute approximate surface area is 121 Å². The van der Waals surface area contributed by atoms with Gasteiger partial charge in [-0.15, -0.1) is 0 Å². The Bertz CT molecular complexity index is 512. The van der Waals surface area contributed by atoms with Crippen LogP contribution in [0.2, 0.25) is 0 Å². The summed E-state index contributed by atoms with van der Waals surface area (Å²) < 4.78 is 5.81. The van der Waals surface area contributed by atoms with Crippen molar-refractivity contribution in [3.63, 3.8) is 0 Å². The smallest absolute Gasteiger partial charge is 0.119 e. The lowest BCUT2D eigenvalue weighted by Crippen LogP contribution is -2.14. The second kappa shape index (κ2) is 7.11. The van der Waals surface area contributed by atoms with Crippen LogP contribution in [0.5, 0.6) is 5.75 Å². The Morgan fingerprint density at radius 1 is 1.00 bits per heavy atom. The molecule has 0 amide bonds. The van der Waals surface area contributed by atoms with Crippen LogP contribution in [0.25, 0.3) is 0 Å². The number of hydrogen-bond donors (Lipinski definition) is 1. The lowest BCUT2D eigenvalue weighted by atomic mass is 10.0. The first-order chi connectivity index (χ1) is 9.72. The summed E-state index contributed by atoms with van der Waals surface area (Å²) >= 11 is 0. The summed E-state index contributed by atoms with van der Waals surface area (Å²) in [6, 6.07) is 17.2. The average Bonchev–Trinajstić information content (AvgIpc) is 2.49. The maximum Gasteiger partial charge on any atom is 0.119 e. The van der Waals surface area contributed by atoms with Crippen LogP contribution < -0.4 is 10.1 Å². The lowest BCUT2D eigenvalue weighted by molar-refractivity contribution is 0.306. The summed E-state index contributed by atoms with van der Waals surface area (Å²) in [6.45, 7) is 4.89. The molecule has 106 valence electrons. The normalized spacial score (nSPS) is 12.2. The van der Waals surface area contributed by atoms with E-state index in [-0.39, 0.29) is 0 Å². The number of rotatable bonds is 6. The van der Waals surface area contributed by atoms with Gasteiger partial charge in [0.05, 0.1) is 0 Å². The molecule has 2 aromatic rings. The van der Waals surface area contributed by atoms with Crippen LogP contribution in [0.3, 0.4) is 0 Å². The van der Waals surface area contributed by atoms with Crippen molar-refractivity contribution in [2.24, 2.45) is 0 Å². The molecule has 1 unspecified atom stereocenters. The molecule has 1 atom stereocenters. The van der Waals surface area contributed by atoms with Crippen molar-refractivity contribution in [1.29, 1.82) is 0 Å². The molecule has 20 heavy (non-hydrogen) atoms. The highest BCUT2D eigenvalue weighted by atomic mass is 16.5. The van der Waals surface area contributed by atoms with E-state index in [9.17, 15) is 0 Å². The first-order valence-corrected chi connectivity index (χ1v) is 7.18. The summed E-state index contributed by atoms with van der Waals surface area (Å²) in [7, 11) is 2.00. The quantitative estimate of drug-likeness (QED) is 0.846. The molecule has 0 aromatic heterocycles. The third-order valence-electron chi connectivity index (χ3n) is 3.57. The van der Waals surface area contributed by atoms with Crippen molar-refractivity contribution in [1.82, 2.24) is 5.32 Å². The molecule has 0 aliphatic rings. The minimum Gasteiger partial charge on any atom is -0.489 e. The second-order valence-electron chi connectivity index (χ2n) is 5.09. The summed E-state index contributed by atoms with van der Waals surface area (Å²) in [5.74, 6) is 0.917. The van der Waals surface area contributed by atoms with Crippen LogP contribution >= 0.6 is 0 Å². The third-order valence-corrected chi connectivity index (χ3v) is 3.57. The number of hydrogen-bond acceptors (Lipinski definition) is 2. The van der Waals surface area contributed by atoms with Gasteiger partial charge < -0.3 is 10.1 Å². The average molecular weight is 269 g/mol. The fourth-order valence-electron chi connectivity index (χ4n) is 2.25. The predicted molar refractivity (Wildman–Crippen MR) is 84.0 cm³/mol. The molecule has 0 fully saturated rings. The van der Waals surface area contributed by atoms with Crippen LogP contribution in [-0.2, 0) is 6.61 Å². The third kappa shape index (κ3) is 3.84. The van der Waals surface area contributed by atoms with Crippen molar-refractivity contribution >= 4 is 0 Å². The highest BCUT2D eigenvalue weighted by molar-refractivity contribution is 5.29. The van der Waals surface area contributed by atoms with Crippen LogP contribution in [0.1, 0.15) is 36.1 Å². The number of benzene rings is 2. The van der Waals surface area contributed by atoms with E-state index < -0.39 is 0 Å². The molecule has 0 heterocycles. The molecule has 0 saturated heterocycles. The molecule has 1 N–H and O–H groups in total. The van der Waals surface area contributed by atoms with E-state index >= 15 is 0 Å². The van der Waals surface area contributed by atoms with E-state index in [0.717, 1.165) is 12.2 Å². The summed E-state index contributed by atoms with van der Waals surface area (Å²) in [5.41, 5.74) is 3.77. The van der Waals surface area contributed by atoms with Gasteiger partial charge in [-0.2, -0.15) is 0 Å². The molecule has 0 bridgehead atoms. The largest absolute Gasteiger partial charge is 0.489 e. The van der Waals surface area contributed by atoms with Crippen molar-refractivity contribution in [3.05, 3.63) is 65.2 Å². The van der Waals surface area contributed by atoms with Crippen molar-refractivity contribution in [2.45, 2.75) is 32.9 Å². The zero-order valence-electron chi connectivity index (χ0n) is 12.5. The summed E-state index contributed by atoms with van der Waals surface area (Å²) in [4.78, 5) is 0. The van der Waals surface area contributed by atoms with E-state index in [2.05, 4.69) is 55.6 Å². The Kier molecular flexibility index (Phi) is 5.19. The van der Waals surface area contributed by atoms with Gasteiger partial charge >= 0.3 is 0 Å². The fourth-order valence-corrected chi connectivity index (χ4v) is 2.25. The minimum atomic E-state index is 0.418. The molecule has 2 heteroatoms. The molecule has 0 radical (unpaired) electrons. The van der Waals surface area contributed by atoms with Gasteiger partial charge in [-0.25, -0.2) is 0 Å². The lowest BCUT2D eigenvalue weighted by Gasteiger charge is -2.15. The van der Waals surface area contributed by atoms with E-state index in [1.165, 1.54) is 16.7 Å². The number of aryl methyl sites for hydroxylation is 1. The van der Waals surface area contributed by atoms with Crippen LogP contribution in [0.15, 0.2) is 48.5 Å². The van der Waals surface area contributed by atoms with E-state index in [1.807, 2.05) is 19.2 Å². The van der Waals surface area contributed by atoms with Gasteiger partial charge in [0.2, 0.25) is 0 Å². The molecular formula is C18H23NO. The molecular weight excluding hydrogens is 246 g/mol. The van der Waals surface area contributed by atoms with Gasteiger partial charge in [0, 0.05) is 6.04 Å². The van der Waals surface area contributed by atoms with Gasteiger partial charge in [0.25, 0.3) is 0 Å². The van der Waals surface area contributed by atoms with Crippen LogP contribution in [0.4, 0.5) is 0 Å². The zero-order valence-corrected chi connectivity index (χ0v) is 12.5. The molecule has 2 aromatic carbocycles. The highest BCUT2D eigenvalue weighted by Crippen LogP contribution is 2.20. The van der Waals surface area contributed by atoms with Crippen molar-refractivity contribution in [2.75, 3.05) is 7.05 Å². The maximum atomic E-state index is 5.81. The summed E-state index contributed by atoms with van der Waals surface area (Å²) in [5, 5.41) is 3.31. The van der Waals surface area contributed by atoms with E-state index in [0.29, 0.717) is 12.6 Å². The van der Waals surface area contributed by atoms with E-state index in [1.54, 1.807) is 0 Å². The molecule has 2 nitrogen and oxygen atoms in total. The Morgan fingerprint density at radius 2 is 1.65 bits per heavy atom. The first kappa shape index (κ1) is 14.6. The van der Waals surface area contributed by atoms with Crippen molar-refractivity contribution in [3.8, 4) is 5.75 Å². The van der Waals surface area contributed by atoms with Crippen LogP contribution in [0, 0.1) is 6.92 Å². The van der Waals surface area contributed by atoms with Gasteiger partial charge in [-0.05, 0) is 43.7 Å². The Morgan fingerprint density at radius 3 is 2.20 bits per heavy atom. The van der Waals surface area contributed by atoms with Gasteiger partial charge in [0.15, 0.2) is 0 Å². The first-order valence-electron chi connectivity index (χ1n) is 7.18. The van der Waals surface area contributed by atoms with Crippen molar-refractivity contribution < 1.29 is 4.74 Å². The topological polar surface area (TPSA) is 21.3 Å². The minimum absolute atomic E-state index is 0.418. The van der Waals surface area contributed by atoms with Gasteiger partial charge in [-0.3, -0.25) is 0 Å². The predicted octanol–water partition coefficient (Wildman–Crippen LogP) is 4.24. The Hall–Kier alpha value is -1.80. The number of nitrogens with one attached hydrogen (secondary N) is 1. The second-order valence-corrected chi connectivity index (χ2v) is 5.09. The SMILES string of the molecule is CCC(NC)c1ccc(OCc2ccc(C)cc2)cc1. The van der Waals surface area contributed by atoms with Gasteiger partial charge in [0.1, 0.15) is 12.4 Å². The van der Waals surface area contributed by atoms with Crippen LogP contribution in [-0.4, -0.2) is 7.05 Å². The highest BCUT2D eigenvalue weighted by Gasteiger charge is 2.06. The zero-order chi connectivity index (χ0) is 14.4. The molecule has 2 rings (SSSR count). The fraction of sp³-hybridized carbons (Fsp3) is 0.333. The molecule has 0 saturated carbocycles. The summed E-state index contributed by atoms with van der Waals surface area (Å²) in [6.07, 6.45) is 1.08. The number of ether oxygens (including phenoxy) is 1. The monoisotopic (exact) mass is 269 g/mol. The molecule has 0 spiro atoms. The molecule has 0 aliphatic carbocycles.